The zero-order valence-electron chi connectivity index (χ0n) is 13.2. The molecule has 0 saturated carbocycles. The number of fused-ring (bicyclic) bond motifs is 1. The number of para-hydroxylation sites is 2. The molecule has 0 aliphatic carbocycles. The fourth-order valence-corrected chi connectivity index (χ4v) is 2.23. The number of H-pyrrole nitrogens is 1. The Morgan fingerprint density at radius 3 is 2.76 bits per heavy atom. The molecule has 2 aromatic carbocycles. The van der Waals surface area contributed by atoms with Crippen molar-refractivity contribution in [3.05, 3.63) is 60.0 Å². The number of carbonyl (C=O) groups is 2. The Labute approximate surface area is 142 Å². The number of aromatic nitrogens is 2. The van der Waals surface area contributed by atoms with Crippen molar-refractivity contribution in [3.8, 4) is 5.75 Å². The van der Waals surface area contributed by atoms with E-state index in [0.717, 1.165) is 5.39 Å². The first-order valence-electron chi connectivity index (χ1n) is 7.49. The second kappa shape index (κ2) is 7.00. The highest BCUT2D eigenvalue weighted by atomic mass is 19.1. The maximum absolute atomic E-state index is 13.5. The molecule has 0 radical (unpaired) electrons. The molecule has 1 aromatic heterocycles. The fourth-order valence-electron chi connectivity index (χ4n) is 2.23. The van der Waals surface area contributed by atoms with Crippen molar-refractivity contribution in [2.45, 2.75) is 13.0 Å². The lowest BCUT2D eigenvalue weighted by Crippen LogP contribution is -2.47. The number of rotatable bonds is 4. The maximum Gasteiger partial charge on any atom is 0.279 e. The summed E-state index contributed by atoms with van der Waals surface area (Å²) in [6.45, 7) is 1.45. The van der Waals surface area contributed by atoms with E-state index in [1.165, 1.54) is 25.1 Å². The van der Waals surface area contributed by atoms with Crippen molar-refractivity contribution in [1.29, 1.82) is 0 Å². The van der Waals surface area contributed by atoms with E-state index in [-0.39, 0.29) is 5.75 Å². The molecule has 1 unspecified atom stereocenters. The number of nitrogens with zero attached hydrogens (tertiary/aromatic N) is 1. The third kappa shape index (κ3) is 3.57. The van der Waals surface area contributed by atoms with Crippen molar-refractivity contribution >= 4 is 22.7 Å². The summed E-state index contributed by atoms with van der Waals surface area (Å²) in [5, 5.41) is 7.38. The normalized spacial score (nSPS) is 11.8. The molecule has 0 bridgehead atoms. The van der Waals surface area contributed by atoms with Gasteiger partial charge in [0.05, 0.1) is 17.3 Å². The van der Waals surface area contributed by atoms with E-state index >= 15 is 0 Å². The Balaban J connectivity index is 1.61. The lowest BCUT2D eigenvalue weighted by molar-refractivity contribution is -0.128. The highest BCUT2D eigenvalue weighted by molar-refractivity contribution is 6.05. The van der Waals surface area contributed by atoms with Crippen LogP contribution >= 0.6 is 0 Å². The number of carbonyl (C=O) groups excluding carboxylic acids is 2. The van der Waals surface area contributed by atoms with Gasteiger partial charge < -0.3 is 4.74 Å². The van der Waals surface area contributed by atoms with Crippen LogP contribution < -0.4 is 15.6 Å². The van der Waals surface area contributed by atoms with Crippen molar-refractivity contribution in [2.24, 2.45) is 0 Å². The molecule has 3 aromatic rings. The van der Waals surface area contributed by atoms with Crippen LogP contribution in [0.4, 0.5) is 4.39 Å². The molecule has 3 N–H and O–H groups in total. The predicted molar refractivity (Wildman–Crippen MR) is 88.2 cm³/mol. The van der Waals surface area contributed by atoms with Crippen LogP contribution in [-0.4, -0.2) is 28.1 Å². The van der Waals surface area contributed by atoms with Crippen molar-refractivity contribution in [3.63, 3.8) is 0 Å². The fraction of sp³-hybridized carbons (Fsp3) is 0.118. The van der Waals surface area contributed by atoms with Gasteiger partial charge in [-0.15, -0.1) is 0 Å². The summed E-state index contributed by atoms with van der Waals surface area (Å²) >= 11 is 0. The lowest BCUT2D eigenvalue weighted by Gasteiger charge is -2.15. The Hall–Kier alpha value is -3.42. The van der Waals surface area contributed by atoms with Gasteiger partial charge >= 0.3 is 0 Å². The predicted octanol–water partition coefficient (Wildman–Crippen LogP) is 1.93. The smallest absolute Gasteiger partial charge is 0.279 e. The summed E-state index contributed by atoms with van der Waals surface area (Å²) in [4.78, 5) is 24.2. The standard InChI is InChI=1S/C17H15FN4O3/c1-10(25-14-8-3-2-7-13(14)18)16(23)21-22-17(24)12-6-4-5-11-9-19-20-15(11)12/h2-10H,1H3,(H,19,20)(H,21,23)(H,22,24). The minimum absolute atomic E-state index is 0.0429. The van der Waals surface area contributed by atoms with Crippen LogP contribution in [0.1, 0.15) is 17.3 Å². The molecule has 3 rings (SSSR count). The molecule has 7 nitrogen and oxygen atoms in total. The molecule has 0 aliphatic heterocycles. The summed E-state index contributed by atoms with van der Waals surface area (Å²) < 4.78 is 18.8. The number of hydrogen-bond donors (Lipinski definition) is 3. The zero-order valence-corrected chi connectivity index (χ0v) is 13.2. The van der Waals surface area contributed by atoms with Gasteiger partial charge in [-0.05, 0) is 25.1 Å². The van der Waals surface area contributed by atoms with Gasteiger partial charge in [-0.2, -0.15) is 5.10 Å². The third-order valence-electron chi connectivity index (χ3n) is 3.53. The molecule has 0 saturated heterocycles. The second-order valence-electron chi connectivity index (χ2n) is 5.27. The molecule has 1 atom stereocenters. The summed E-state index contributed by atoms with van der Waals surface area (Å²) in [7, 11) is 0. The van der Waals surface area contributed by atoms with Crippen molar-refractivity contribution < 1.29 is 18.7 Å². The van der Waals surface area contributed by atoms with Gasteiger partial charge in [-0.1, -0.05) is 24.3 Å². The Kier molecular flexibility index (Phi) is 4.60. The third-order valence-corrected chi connectivity index (χ3v) is 3.53. The molecule has 8 heteroatoms. The molecule has 2 amide bonds. The first kappa shape index (κ1) is 16.4. The monoisotopic (exact) mass is 342 g/mol. The number of benzene rings is 2. The van der Waals surface area contributed by atoms with Gasteiger partial charge in [0.2, 0.25) is 0 Å². The van der Waals surface area contributed by atoms with Gasteiger partial charge in [0, 0.05) is 5.39 Å². The highest BCUT2D eigenvalue weighted by Crippen LogP contribution is 2.17. The average Bonchev–Trinajstić information content (AvgIpc) is 3.10. The topological polar surface area (TPSA) is 96.1 Å². The Bertz CT molecular complexity index is 925. The number of hydrogen-bond acceptors (Lipinski definition) is 4. The second-order valence-corrected chi connectivity index (χ2v) is 5.27. The van der Waals surface area contributed by atoms with Crippen LogP contribution in [-0.2, 0) is 4.79 Å². The number of halogens is 1. The molecule has 0 spiro atoms. The number of amides is 2. The SMILES string of the molecule is CC(Oc1ccccc1F)C(=O)NNC(=O)c1cccc2cn[nH]c12. The van der Waals surface area contributed by atoms with Gasteiger partial charge in [-0.3, -0.25) is 25.5 Å². The van der Waals surface area contributed by atoms with Crippen molar-refractivity contribution in [1.82, 2.24) is 21.0 Å². The largest absolute Gasteiger partial charge is 0.478 e. The number of nitrogens with one attached hydrogen (secondary N) is 3. The minimum Gasteiger partial charge on any atom is -0.478 e. The van der Waals surface area contributed by atoms with Crippen LogP contribution in [0.15, 0.2) is 48.7 Å². The van der Waals surface area contributed by atoms with Crippen LogP contribution in [0.2, 0.25) is 0 Å². The number of aromatic amines is 1. The summed E-state index contributed by atoms with van der Waals surface area (Å²) in [5.74, 6) is -1.74. The zero-order chi connectivity index (χ0) is 17.8. The molecule has 1 heterocycles. The van der Waals surface area contributed by atoms with E-state index < -0.39 is 23.7 Å². The highest BCUT2D eigenvalue weighted by Gasteiger charge is 2.18. The lowest BCUT2D eigenvalue weighted by atomic mass is 10.1. The van der Waals surface area contributed by atoms with Gasteiger partial charge in [0.25, 0.3) is 11.8 Å². The summed E-state index contributed by atoms with van der Waals surface area (Å²) in [6, 6.07) is 10.9. The average molecular weight is 342 g/mol. The minimum atomic E-state index is -1.000. The van der Waals surface area contributed by atoms with Crippen molar-refractivity contribution in [2.75, 3.05) is 0 Å². The quantitative estimate of drug-likeness (QED) is 0.631. The van der Waals surface area contributed by atoms with Crippen LogP contribution in [0.5, 0.6) is 5.75 Å². The Morgan fingerprint density at radius 2 is 1.96 bits per heavy atom. The van der Waals surface area contributed by atoms with E-state index in [9.17, 15) is 14.0 Å². The molecule has 128 valence electrons. The van der Waals surface area contributed by atoms with Crippen LogP contribution in [0.3, 0.4) is 0 Å². The molecule has 0 aliphatic rings. The molecular formula is C17H15FN4O3. The molecule has 0 fully saturated rings. The molecular weight excluding hydrogens is 327 g/mol. The van der Waals surface area contributed by atoms with Gasteiger partial charge in [0.1, 0.15) is 0 Å². The number of hydrazine groups is 1. The van der Waals surface area contributed by atoms with Crippen LogP contribution in [0, 0.1) is 5.82 Å². The van der Waals surface area contributed by atoms with E-state index in [2.05, 4.69) is 21.0 Å². The van der Waals surface area contributed by atoms with E-state index in [1.54, 1.807) is 30.5 Å². The summed E-state index contributed by atoms with van der Waals surface area (Å²) in [5.41, 5.74) is 5.45. The van der Waals surface area contributed by atoms with Crippen LogP contribution in [0.25, 0.3) is 10.9 Å². The first-order chi connectivity index (χ1) is 12.1. The maximum atomic E-state index is 13.5. The number of ether oxygens (including phenoxy) is 1. The van der Waals surface area contributed by atoms with E-state index in [4.69, 9.17) is 4.74 Å². The first-order valence-corrected chi connectivity index (χ1v) is 7.49. The van der Waals surface area contributed by atoms with Gasteiger partial charge in [0.15, 0.2) is 17.7 Å². The summed E-state index contributed by atoms with van der Waals surface area (Å²) in [6.07, 6.45) is 0.592. The Morgan fingerprint density at radius 1 is 1.16 bits per heavy atom. The van der Waals surface area contributed by atoms with E-state index in [1.807, 2.05) is 0 Å². The van der Waals surface area contributed by atoms with Gasteiger partial charge in [-0.25, -0.2) is 4.39 Å². The molecule has 25 heavy (non-hydrogen) atoms. The van der Waals surface area contributed by atoms with E-state index in [0.29, 0.717) is 11.1 Å².